The number of halogens is 3. The maximum Gasteiger partial charge on any atom is 0.416 e. The van der Waals surface area contributed by atoms with Crippen LogP contribution in [0, 0.1) is 0 Å². The lowest BCUT2D eigenvalue weighted by Gasteiger charge is -2.13. The van der Waals surface area contributed by atoms with Gasteiger partial charge in [-0.15, -0.1) is 0 Å². The molecule has 6 nitrogen and oxygen atoms in total. The summed E-state index contributed by atoms with van der Waals surface area (Å²) in [5.41, 5.74) is 2.70. The molecule has 0 radical (unpaired) electrons. The molecule has 2 amide bonds. The average molecular weight is 481 g/mol. The van der Waals surface area contributed by atoms with Gasteiger partial charge in [0.2, 0.25) is 5.91 Å². The summed E-state index contributed by atoms with van der Waals surface area (Å²) in [4.78, 5) is 36.5. The smallest absolute Gasteiger partial charge is 0.349 e. The van der Waals surface area contributed by atoms with Crippen LogP contribution in [0.15, 0.2) is 66.7 Å². The van der Waals surface area contributed by atoms with Crippen LogP contribution in [0.25, 0.3) is 11.1 Å². The molecule has 9 heteroatoms. The number of benzene rings is 3. The van der Waals surface area contributed by atoms with Gasteiger partial charge in [-0.1, -0.05) is 36.4 Å². The van der Waals surface area contributed by atoms with Crippen molar-refractivity contribution in [3.63, 3.8) is 0 Å². The van der Waals surface area contributed by atoms with E-state index in [1.807, 2.05) is 0 Å². The molecule has 0 saturated carbocycles. The van der Waals surface area contributed by atoms with Crippen LogP contribution >= 0.6 is 0 Å². The average Bonchev–Trinajstić information content (AvgIpc) is 3.25. The summed E-state index contributed by atoms with van der Waals surface area (Å²) in [6.07, 6.45) is -4.44. The Kier molecular flexibility index (Phi) is 6.70. The number of carbonyl (C=O) groups excluding carboxylic acids is 3. The number of hydrogen-bond donors (Lipinski definition) is 3. The highest BCUT2D eigenvalue weighted by atomic mass is 19.4. The van der Waals surface area contributed by atoms with Crippen LogP contribution in [0.5, 0.6) is 0 Å². The molecule has 3 aromatic rings. The lowest BCUT2D eigenvalue weighted by Crippen LogP contribution is -2.33. The molecule has 1 unspecified atom stereocenters. The van der Waals surface area contributed by atoms with Crippen LogP contribution in [-0.4, -0.2) is 24.1 Å². The molecule has 0 aromatic heterocycles. The zero-order chi connectivity index (χ0) is 25.2. The first-order valence-electron chi connectivity index (χ1n) is 10.8. The van der Waals surface area contributed by atoms with Crippen molar-refractivity contribution in [3.05, 3.63) is 89.0 Å². The third-order valence-corrected chi connectivity index (χ3v) is 5.74. The van der Waals surface area contributed by atoms with Gasteiger partial charge in [0.05, 0.1) is 18.2 Å². The molecule has 1 heterocycles. The van der Waals surface area contributed by atoms with Crippen molar-refractivity contribution < 1.29 is 27.6 Å². The van der Waals surface area contributed by atoms with Gasteiger partial charge in [0.15, 0.2) is 5.78 Å². The maximum absolute atomic E-state index is 13.1. The van der Waals surface area contributed by atoms with Gasteiger partial charge < -0.3 is 10.6 Å². The highest BCUT2D eigenvalue weighted by molar-refractivity contribution is 6.08. The summed E-state index contributed by atoms with van der Waals surface area (Å²) in [6, 6.07) is 16.0. The minimum atomic E-state index is -4.44. The van der Waals surface area contributed by atoms with Crippen molar-refractivity contribution in [2.75, 3.05) is 11.9 Å². The minimum absolute atomic E-state index is 0.0777. The predicted molar refractivity (Wildman–Crippen MR) is 125 cm³/mol. The highest BCUT2D eigenvalue weighted by Crippen LogP contribution is 2.32. The van der Waals surface area contributed by atoms with Crippen LogP contribution in [0.1, 0.15) is 40.0 Å². The number of ketones is 1. The third kappa shape index (κ3) is 5.41. The first kappa shape index (κ1) is 24.2. The summed E-state index contributed by atoms with van der Waals surface area (Å²) in [5, 5.41) is 8.44. The van der Waals surface area contributed by atoms with Crippen LogP contribution in [0.4, 0.5) is 18.9 Å². The molecule has 0 saturated heterocycles. The SMILES string of the molecule is CC(=O)NCC(=O)C1NCc2cc(NC(=O)c3ccccc3-c3ccc(C(F)(F)F)cc3)ccc21. The van der Waals surface area contributed by atoms with E-state index in [1.54, 1.807) is 42.5 Å². The molecule has 0 fully saturated rings. The Balaban J connectivity index is 1.52. The summed E-state index contributed by atoms with van der Waals surface area (Å²) in [7, 11) is 0. The molecule has 1 aliphatic rings. The lowest BCUT2D eigenvalue weighted by molar-refractivity contribution is -0.137. The van der Waals surface area contributed by atoms with E-state index in [4.69, 9.17) is 0 Å². The lowest BCUT2D eigenvalue weighted by atomic mass is 9.97. The van der Waals surface area contributed by atoms with Gasteiger partial charge in [0.1, 0.15) is 0 Å². The summed E-state index contributed by atoms with van der Waals surface area (Å²) in [5.74, 6) is -0.864. The Morgan fingerprint density at radius 1 is 1.00 bits per heavy atom. The zero-order valence-corrected chi connectivity index (χ0v) is 18.7. The minimum Gasteiger partial charge on any atom is -0.349 e. The Bertz CT molecular complexity index is 1290. The monoisotopic (exact) mass is 481 g/mol. The summed E-state index contributed by atoms with van der Waals surface area (Å²) < 4.78 is 38.7. The van der Waals surface area contributed by atoms with Gasteiger partial charge in [0, 0.05) is 24.7 Å². The number of amides is 2. The fourth-order valence-electron chi connectivity index (χ4n) is 4.01. The number of fused-ring (bicyclic) bond motifs is 1. The van der Waals surface area contributed by atoms with Crippen LogP contribution in [-0.2, 0) is 22.3 Å². The third-order valence-electron chi connectivity index (χ3n) is 5.74. The Morgan fingerprint density at radius 2 is 1.71 bits per heavy atom. The second kappa shape index (κ2) is 9.71. The van der Waals surface area contributed by atoms with Crippen molar-refractivity contribution in [3.8, 4) is 11.1 Å². The number of anilines is 1. The van der Waals surface area contributed by atoms with Gasteiger partial charge in [0.25, 0.3) is 5.91 Å². The van der Waals surface area contributed by atoms with Gasteiger partial charge in [-0.2, -0.15) is 13.2 Å². The van der Waals surface area contributed by atoms with Gasteiger partial charge in [-0.05, 0) is 52.6 Å². The first-order valence-corrected chi connectivity index (χ1v) is 10.8. The molecule has 0 spiro atoms. The van der Waals surface area contributed by atoms with E-state index >= 15 is 0 Å². The van der Waals surface area contributed by atoms with Crippen LogP contribution in [0.2, 0.25) is 0 Å². The van der Waals surface area contributed by atoms with E-state index in [9.17, 15) is 27.6 Å². The van der Waals surface area contributed by atoms with Gasteiger partial charge in [-0.3, -0.25) is 19.7 Å². The Labute approximate surface area is 199 Å². The van der Waals surface area contributed by atoms with E-state index in [0.717, 1.165) is 23.3 Å². The maximum atomic E-state index is 13.1. The Morgan fingerprint density at radius 3 is 2.40 bits per heavy atom. The zero-order valence-electron chi connectivity index (χ0n) is 18.7. The van der Waals surface area contributed by atoms with Crippen LogP contribution in [0.3, 0.4) is 0 Å². The molecule has 0 bridgehead atoms. The van der Waals surface area contributed by atoms with Crippen LogP contribution < -0.4 is 16.0 Å². The standard InChI is InChI=1S/C26H22F3N3O3/c1-15(33)30-14-23(34)24-21-11-10-19(12-17(21)13-31-24)32-25(35)22-5-3-2-4-20(22)16-6-8-18(9-7-16)26(27,28)29/h2-12,24,31H,13-14H2,1H3,(H,30,33)(H,32,35). The highest BCUT2D eigenvalue weighted by Gasteiger charge is 2.30. The molecule has 0 aliphatic carbocycles. The molecular weight excluding hydrogens is 459 g/mol. The summed E-state index contributed by atoms with van der Waals surface area (Å²) in [6.45, 7) is 1.69. The molecule has 4 rings (SSSR count). The van der Waals surface area contributed by atoms with E-state index in [0.29, 0.717) is 28.9 Å². The first-order chi connectivity index (χ1) is 16.6. The predicted octanol–water partition coefficient (Wildman–Crippen LogP) is 4.47. The van der Waals surface area contributed by atoms with E-state index in [-0.39, 0.29) is 18.2 Å². The number of carbonyl (C=O) groups is 3. The largest absolute Gasteiger partial charge is 0.416 e. The second-order valence-electron chi connectivity index (χ2n) is 8.18. The second-order valence-corrected chi connectivity index (χ2v) is 8.18. The Hall–Kier alpha value is -3.98. The molecule has 1 atom stereocenters. The topological polar surface area (TPSA) is 87.3 Å². The number of hydrogen-bond acceptors (Lipinski definition) is 4. The van der Waals surface area contributed by atoms with Gasteiger partial charge >= 0.3 is 6.18 Å². The molecule has 35 heavy (non-hydrogen) atoms. The number of nitrogens with one attached hydrogen (secondary N) is 3. The van der Waals surface area contributed by atoms with Crippen molar-refractivity contribution in [2.24, 2.45) is 0 Å². The molecule has 3 aromatic carbocycles. The number of Topliss-reactive ketones (excluding diaryl/α,β-unsaturated/α-hetero) is 1. The van der Waals surface area contributed by atoms with Crippen molar-refractivity contribution in [1.82, 2.24) is 10.6 Å². The van der Waals surface area contributed by atoms with E-state index < -0.39 is 23.7 Å². The van der Waals surface area contributed by atoms with E-state index in [2.05, 4.69) is 16.0 Å². The molecule has 1 aliphatic heterocycles. The van der Waals surface area contributed by atoms with Crippen molar-refractivity contribution in [1.29, 1.82) is 0 Å². The molecule has 180 valence electrons. The molecular formula is C26H22F3N3O3. The van der Waals surface area contributed by atoms with Crippen molar-refractivity contribution in [2.45, 2.75) is 25.7 Å². The van der Waals surface area contributed by atoms with E-state index in [1.165, 1.54) is 19.1 Å². The normalized spacial score (nSPS) is 14.8. The molecule has 3 N–H and O–H groups in total. The van der Waals surface area contributed by atoms with Gasteiger partial charge in [-0.25, -0.2) is 0 Å². The quantitative estimate of drug-likeness (QED) is 0.485. The number of rotatable bonds is 6. The van der Waals surface area contributed by atoms with Crippen molar-refractivity contribution >= 4 is 23.3 Å². The number of alkyl halides is 3. The fraction of sp³-hybridized carbons (Fsp3) is 0.192. The summed E-state index contributed by atoms with van der Waals surface area (Å²) >= 11 is 0. The fourth-order valence-corrected chi connectivity index (χ4v) is 4.01.